The molecule has 0 aromatic heterocycles. The van der Waals surface area contributed by atoms with Crippen LogP contribution < -0.4 is 0 Å². The van der Waals surface area contributed by atoms with Gasteiger partial charge in [-0.2, -0.15) is 0 Å². The van der Waals surface area contributed by atoms with E-state index in [1.54, 1.807) is 23.1 Å². The molecule has 4 rings (SSSR count). The predicted molar refractivity (Wildman–Crippen MR) is 122 cm³/mol. The Hall–Kier alpha value is -2.06. The van der Waals surface area contributed by atoms with Crippen molar-refractivity contribution in [2.24, 2.45) is 5.92 Å². The summed E-state index contributed by atoms with van der Waals surface area (Å²) in [7, 11) is -3.33. The molecule has 0 spiro atoms. The van der Waals surface area contributed by atoms with E-state index in [9.17, 15) is 18.3 Å². The van der Waals surface area contributed by atoms with Gasteiger partial charge in [0, 0.05) is 12.5 Å². The number of phenols is 1. The van der Waals surface area contributed by atoms with Gasteiger partial charge in [0.15, 0.2) is 9.84 Å². The van der Waals surface area contributed by atoms with Gasteiger partial charge in [0.2, 0.25) is 0 Å². The van der Waals surface area contributed by atoms with E-state index in [0.717, 1.165) is 11.1 Å². The molecule has 6 nitrogen and oxygen atoms in total. The van der Waals surface area contributed by atoms with Gasteiger partial charge in [0.1, 0.15) is 11.9 Å². The Balaban J connectivity index is 1.58. The first kappa shape index (κ1) is 22.1. The molecule has 166 valence electrons. The van der Waals surface area contributed by atoms with E-state index in [2.05, 4.69) is 41.9 Å². The third-order valence-corrected chi connectivity index (χ3v) is 8.51. The normalized spacial score (nSPS) is 24.8. The number of nitrogens with zero attached hydrogens (tertiary/aromatic N) is 1. The summed E-state index contributed by atoms with van der Waals surface area (Å²) in [5.74, 6) is 0.0538. The average Bonchev–Trinajstić information content (AvgIpc) is 3.00. The Morgan fingerprint density at radius 3 is 2.65 bits per heavy atom. The number of carbonyl (C=O) groups excluding carboxylic acids is 1. The summed E-state index contributed by atoms with van der Waals surface area (Å²) < 4.78 is 31.7. The molecule has 31 heavy (non-hydrogen) atoms. The highest BCUT2D eigenvalue weighted by Crippen LogP contribution is 2.36. The van der Waals surface area contributed by atoms with Crippen LogP contribution in [0, 0.1) is 5.92 Å². The van der Waals surface area contributed by atoms with Crippen molar-refractivity contribution >= 4 is 31.9 Å². The fraction of sp³-hybridized carbons (Fsp3) is 0.435. The van der Waals surface area contributed by atoms with E-state index in [4.69, 9.17) is 4.74 Å². The third-order valence-electron chi connectivity index (χ3n) is 6.09. The van der Waals surface area contributed by atoms with Crippen LogP contribution in [0.5, 0.6) is 5.75 Å². The van der Waals surface area contributed by atoms with Crippen molar-refractivity contribution in [3.8, 4) is 5.75 Å². The molecular formula is C23H26BrNO5S. The van der Waals surface area contributed by atoms with E-state index >= 15 is 0 Å². The summed E-state index contributed by atoms with van der Waals surface area (Å²) in [5.41, 5.74) is 3.02. The summed E-state index contributed by atoms with van der Waals surface area (Å²) in [6.45, 7) is 4.55. The van der Waals surface area contributed by atoms with Crippen LogP contribution in [0.15, 0.2) is 46.9 Å². The maximum Gasteiger partial charge on any atom is 0.410 e. The van der Waals surface area contributed by atoms with Crippen LogP contribution in [0.1, 0.15) is 36.5 Å². The minimum absolute atomic E-state index is 0.0172. The molecule has 0 unspecified atom stereocenters. The monoisotopic (exact) mass is 507 g/mol. The second-order valence-corrected chi connectivity index (χ2v) is 11.8. The van der Waals surface area contributed by atoms with Crippen molar-refractivity contribution in [1.82, 2.24) is 4.90 Å². The Bertz CT molecular complexity index is 1100. The van der Waals surface area contributed by atoms with Gasteiger partial charge < -0.3 is 9.84 Å². The fourth-order valence-electron chi connectivity index (χ4n) is 4.50. The number of hydrogen-bond donors (Lipinski definition) is 1. The second kappa shape index (κ2) is 8.47. The molecule has 3 atom stereocenters. The van der Waals surface area contributed by atoms with Crippen LogP contribution in [0.4, 0.5) is 4.79 Å². The highest BCUT2D eigenvalue weighted by atomic mass is 79.9. The van der Waals surface area contributed by atoms with E-state index < -0.39 is 28.1 Å². The first-order valence-electron chi connectivity index (χ1n) is 10.4. The predicted octanol–water partition coefficient (Wildman–Crippen LogP) is 4.25. The molecule has 2 saturated heterocycles. The number of amides is 1. The molecule has 1 amide bonds. The molecule has 2 heterocycles. The minimum atomic E-state index is -3.33. The average molecular weight is 508 g/mol. The van der Waals surface area contributed by atoms with Crippen molar-refractivity contribution in [2.75, 3.05) is 11.5 Å². The van der Waals surface area contributed by atoms with Crippen molar-refractivity contribution in [1.29, 1.82) is 0 Å². The lowest BCUT2D eigenvalue weighted by molar-refractivity contribution is 0.0970. The van der Waals surface area contributed by atoms with Crippen LogP contribution in [0.2, 0.25) is 0 Å². The van der Waals surface area contributed by atoms with Crippen LogP contribution in [-0.2, 0) is 27.5 Å². The van der Waals surface area contributed by atoms with E-state index in [-0.39, 0.29) is 23.2 Å². The first-order chi connectivity index (χ1) is 14.6. The lowest BCUT2D eigenvalue weighted by atomic mass is 9.91. The number of hydrogen-bond acceptors (Lipinski definition) is 5. The Morgan fingerprint density at radius 2 is 1.94 bits per heavy atom. The first-order valence-corrected chi connectivity index (χ1v) is 13.0. The highest BCUT2D eigenvalue weighted by molar-refractivity contribution is 9.10. The number of sulfone groups is 1. The lowest BCUT2D eigenvalue weighted by Gasteiger charge is -2.34. The molecule has 1 N–H and O–H groups in total. The van der Waals surface area contributed by atoms with Gasteiger partial charge >= 0.3 is 6.09 Å². The quantitative estimate of drug-likeness (QED) is 0.653. The molecule has 2 aromatic carbocycles. The summed E-state index contributed by atoms with van der Waals surface area (Å²) in [6, 6.07) is 12.6. The van der Waals surface area contributed by atoms with Crippen molar-refractivity contribution in [3.05, 3.63) is 63.6 Å². The van der Waals surface area contributed by atoms with E-state index in [1.165, 1.54) is 5.56 Å². The Kier molecular flexibility index (Phi) is 6.05. The minimum Gasteiger partial charge on any atom is -0.507 e. The van der Waals surface area contributed by atoms with Crippen LogP contribution >= 0.6 is 15.9 Å². The number of phenolic OH excluding ortho intramolecular Hbond substituents is 1. The molecule has 2 aromatic rings. The summed E-state index contributed by atoms with van der Waals surface area (Å²) in [4.78, 5) is 14.3. The molecule has 0 saturated carbocycles. The molecular weight excluding hydrogens is 482 g/mol. The van der Waals surface area contributed by atoms with Gasteiger partial charge in [-0.3, -0.25) is 4.90 Å². The fourth-order valence-corrected chi connectivity index (χ4v) is 6.92. The van der Waals surface area contributed by atoms with E-state index in [1.807, 2.05) is 12.1 Å². The maximum atomic E-state index is 12.7. The zero-order chi connectivity index (χ0) is 22.3. The van der Waals surface area contributed by atoms with Gasteiger partial charge in [0.25, 0.3) is 0 Å². The number of benzene rings is 2. The zero-order valence-corrected chi connectivity index (χ0v) is 19.9. The molecule has 8 heteroatoms. The maximum absolute atomic E-state index is 12.7. The number of aromatic hydroxyl groups is 1. The molecule has 2 aliphatic heterocycles. The zero-order valence-electron chi connectivity index (χ0n) is 17.5. The van der Waals surface area contributed by atoms with Gasteiger partial charge in [-0.05, 0) is 57.1 Å². The molecule has 0 radical (unpaired) electrons. The Morgan fingerprint density at radius 1 is 1.16 bits per heavy atom. The topological polar surface area (TPSA) is 83.9 Å². The summed E-state index contributed by atoms with van der Waals surface area (Å²) in [5, 5.41) is 9.73. The van der Waals surface area contributed by atoms with Crippen molar-refractivity contribution in [3.63, 3.8) is 0 Å². The number of rotatable bonds is 5. The van der Waals surface area contributed by atoms with Crippen LogP contribution in [-0.4, -0.2) is 48.2 Å². The van der Waals surface area contributed by atoms with Gasteiger partial charge in [-0.25, -0.2) is 13.2 Å². The van der Waals surface area contributed by atoms with Crippen LogP contribution in [0.3, 0.4) is 0 Å². The highest BCUT2D eigenvalue weighted by Gasteiger charge is 2.51. The van der Waals surface area contributed by atoms with Gasteiger partial charge in [0.05, 0.1) is 22.0 Å². The number of carbonyl (C=O) groups is 1. The van der Waals surface area contributed by atoms with E-state index in [0.29, 0.717) is 23.4 Å². The number of halogens is 1. The summed E-state index contributed by atoms with van der Waals surface area (Å²) >= 11 is 3.30. The lowest BCUT2D eigenvalue weighted by Crippen LogP contribution is -2.51. The van der Waals surface area contributed by atoms with Gasteiger partial charge in [-0.15, -0.1) is 0 Å². The molecule has 2 aliphatic rings. The molecule has 2 fully saturated rings. The van der Waals surface area contributed by atoms with Crippen LogP contribution in [0.25, 0.3) is 0 Å². The smallest absolute Gasteiger partial charge is 0.410 e. The molecule has 0 aliphatic carbocycles. The number of ether oxygens (including phenoxy) is 1. The second-order valence-electron chi connectivity index (χ2n) is 8.77. The SMILES string of the molecule is CC(C)c1cccc(CN2C(=O)O[C@H]3[C@H](Cc4ccc(O)c(Br)c4)CS(=O)(=O)C[C@@H]32)c1. The van der Waals surface area contributed by atoms with Gasteiger partial charge in [-0.1, -0.05) is 44.2 Å². The standard InChI is InChI=1S/C23H26BrNO5S/c1-14(2)17-5-3-4-16(9-17)11-25-20-13-31(28,29)12-18(22(20)30-23(25)27)8-15-6-7-21(26)19(24)10-15/h3-7,9-10,14,18,20,22,26H,8,11-13H2,1-2H3/t18-,20+,22+/m1/s1. The third kappa shape index (κ3) is 4.75. The molecule has 0 bridgehead atoms. The van der Waals surface area contributed by atoms with Crippen molar-refractivity contribution in [2.45, 2.75) is 44.9 Å². The number of fused-ring (bicyclic) bond motifs is 1. The Labute approximate surface area is 191 Å². The largest absolute Gasteiger partial charge is 0.507 e. The van der Waals surface area contributed by atoms with Crippen molar-refractivity contribution < 1.29 is 23.1 Å². The summed E-state index contributed by atoms with van der Waals surface area (Å²) in [6.07, 6.45) is -0.487.